The Kier molecular flexibility index (Phi) is 6.13. The number of imide groups is 1. The SMILES string of the molecule is O=C1S/C(=C\c2ccc(OCc3ccc(Cl)cc3)cc2)C(=O)N1c1cccc(Cl)c1. The van der Waals surface area contributed by atoms with E-state index in [9.17, 15) is 9.59 Å². The Balaban J connectivity index is 1.45. The fraction of sp³-hybridized carbons (Fsp3) is 0.0435. The number of benzene rings is 3. The molecule has 1 fully saturated rings. The lowest BCUT2D eigenvalue weighted by molar-refractivity contribution is -0.113. The summed E-state index contributed by atoms with van der Waals surface area (Å²) in [5.74, 6) is 0.337. The molecule has 0 saturated carbocycles. The van der Waals surface area contributed by atoms with E-state index in [-0.39, 0.29) is 11.1 Å². The number of carbonyl (C=O) groups is 2. The van der Waals surface area contributed by atoms with Crippen molar-refractivity contribution in [1.29, 1.82) is 0 Å². The Morgan fingerprint density at radius 2 is 1.63 bits per heavy atom. The third kappa shape index (κ3) is 4.70. The predicted molar refractivity (Wildman–Crippen MR) is 122 cm³/mol. The Morgan fingerprint density at radius 3 is 2.33 bits per heavy atom. The second-order valence-electron chi connectivity index (χ2n) is 6.48. The van der Waals surface area contributed by atoms with Gasteiger partial charge in [0.25, 0.3) is 11.1 Å². The first kappa shape index (κ1) is 20.5. The molecule has 0 N–H and O–H groups in total. The molecule has 1 aliphatic heterocycles. The van der Waals surface area contributed by atoms with Gasteiger partial charge in [-0.15, -0.1) is 0 Å². The molecule has 0 radical (unpaired) electrons. The van der Waals surface area contributed by atoms with Crippen LogP contribution in [0.4, 0.5) is 10.5 Å². The number of amides is 2. The number of halogens is 2. The zero-order chi connectivity index (χ0) is 21.1. The predicted octanol–water partition coefficient (Wildman–Crippen LogP) is 6.81. The molecule has 0 aliphatic carbocycles. The summed E-state index contributed by atoms with van der Waals surface area (Å²) in [5.41, 5.74) is 2.27. The molecule has 3 aromatic carbocycles. The third-order valence-electron chi connectivity index (χ3n) is 4.36. The number of hydrogen-bond donors (Lipinski definition) is 0. The van der Waals surface area contributed by atoms with E-state index in [4.69, 9.17) is 27.9 Å². The molecule has 1 aliphatic rings. The zero-order valence-corrected chi connectivity index (χ0v) is 17.9. The van der Waals surface area contributed by atoms with Gasteiger partial charge in [0.2, 0.25) is 0 Å². The lowest BCUT2D eigenvalue weighted by atomic mass is 10.2. The van der Waals surface area contributed by atoms with Gasteiger partial charge in [0.05, 0.1) is 10.6 Å². The summed E-state index contributed by atoms with van der Waals surface area (Å²) in [4.78, 5) is 26.6. The van der Waals surface area contributed by atoms with Crippen LogP contribution in [0, 0.1) is 0 Å². The number of anilines is 1. The molecule has 4 rings (SSSR count). The quantitative estimate of drug-likeness (QED) is 0.396. The Bertz CT molecular complexity index is 1130. The van der Waals surface area contributed by atoms with Crippen LogP contribution in [0.5, 0.6) is 5.75 Å². The molecular weight excluding hydrogens is 441 g/mol. The summed E-state index contributed by atoms with van der Waals surface area (Å²) in [7, 11) is 0. The van der Waals surface area contributed by atoms with Crippen LogP contribution in [0.1, 0.15) is 11.1 Å². The van der Waals surface area contributed by atoms with E-state index in [0.29, 0.717) is 33.0 Å². The van der Waals surface area contributed by atoms with Gasteiger partial charge in [0.1, 0.15) is 12.4 Å². The van der Waals surface area contributed by atoms with E-state index in [0.717, 1.165) is 27.8 Å². The first-order chi connectivity index (χ1) is 14.5. The highest BCUT2D eigenvalue weighted by Crippen LogP contribution is 2.36. The average molecular weight is 456 g/mol. The number of ether oxygens (including phenoxy) is 1. The van der Waals surface area contributed by atoms with Gasteiger partial charge < -0.3 is 4.74 Å². The molecule has 150 valence electrons. The molecule has 7 heteroatoms. The maximum absolute atomic E-state index is 12.7. The molecule has 30 heavy (non-hydrogen) atoms. The van der Waals surface area contributed by atoms with Crippen molar-refractivity contribution in [2.75, 3.05) is 4.90 Å². The number of thioether (sulfide) groups is 1. The van der Waals surface area contributed by atoms with Crippen molar-refractivity contribution in [2.45, 2.75) is 6.61 Å². The van der Waals surface area contributed by atoms with E-state index >= 15 is 0 Å². The van der Waals surface area contributed by atoms with Crippen LogP contribution in [0.2, 0.25) is 10.0 Å². The first-order valence-electron chi connectivity index (χ1n) is 9.00. The van der Waals surface area contributed by atoms with E-state index < -0.39 is 0 Å². The van der Waals surface area contributed by atoms with Crippen LogP contribution >= 0.6 is 35.0 Å². The van der Waals surface area contributed by atoms with Crippen molar-refractivity contribution in [3.8, 4) is 5.75 Å². The topological polar surface area (TPSA) is 46.6 Å². The molecule has 0 unspecified atom stereocenters. The average Bonchev–Trinajstić information content (AvgIpc) is 3.01. The van der Waals surface area contributed by atoms with Gasteiger partial charge in [-0.1, -0.05) is 53.5 Å². The van der Waals surface area contributed by atoms with Crippen LogP contribution in [-0.2, 0) is 11.4 Å². The number of nitrogens with zero attached hydrogens (tertiary/aromatic N) is 1. The van der Waals surface area contributed by atoms with E-state index in [1.807, 2.05) is 48.5 Å². The van der Waals surface area contributed by atoms with Gasteiger partial charge in [0, 0.05) is 10.0 Å². The van der Waals surface area contributed by atoms with Crippen molar-refractivity contribution in [2.24, 2.45) is 0 Å². The smallest absolute Gasteiger partial charge is 0.298 e. The van der Waals surface area contributed by atoms with Gasteiger partial charge in [-0.3, -0.25) is 9.59 Å². The van der Waals surface area contributed by atoms with Gasteiger partial charge in [-0.2, -0.15) is 0 Å². The van der Waals surface area contributed by atoms with E-state index in [1.54, 1.807) is 30.3 Å². The second-order valence-corrected chi connectivity index (χ2v) is 8.35. The van der Waals surface area contributed by atoms with Gasteiger partial charge in [0.15, 0.2) is 0 Å². The summed E-state index contributed by atoms with van der Waals surface area (Å²) in [5, 5.41) is 0.795. The molecular formula is C23H15Cl2NO3S. The molecule has 1 heterocycles. The lowest BCUT2D eigenvalue weighted by Crippen LogP contribution is -2.27. The zero-order valence-electron chi connectivity index (χ0n) is 15.5. The molecule has 0 aromatic heterocycles. The fourth-order valence-electron chi connectivity index (χ4n) is 2.86. The van der Waals surface area contributed by atoms with Crippen LogP contribution in [-0.4, -0.2) is 11.1 Å². The molecule has 0 spiro atoms. The van der Waals surface area contributed by atoms with Crippen molar-refractivity contribution < 1.29 is 14.3 Å². The van der Waals surface area contributed by atoms with Gasteiger partial charge >= 0.3 is 0 Å². The molecule has 1 saturated heterocycles. The summed E-state index contributed by atoms with van der Waals surface area (Å²) in [6.45, 7) is 0.426. The molecule has 3 aromatic rings. The lowest BCUT2D eigenvalue weighted by Gasteiger charge is -2.12. The number of carbonyl (C=O) groups excluding carboxylic acids is 2. The Labute approximate surface area is 188 Å². The molecule has 0 atom stereocenters. The minimum absolute atomic E-state index is 0.351. The van der Waals surface area contributed by atoms with Crippen molar-refractivity contribution in [1.82, 2.24) is 0 Å². The maximum Gasteiger partial charge on any atom is 0.298 e. The van der Waals surface area contributed by atoms with Crippen molar-refractivity contribution in [3.05, 3.63) is 98.9 Å². The first-order valence-corrected chi connectivity index (χ1v) is 10.6. The Morgan fingerprint density at radius 1 is 0.900 bits per heavy atom. The van der Waals surface area contributed by atoms with Crippen LogP contribution in [0.25, 0.3) is 6.08 Å². The summed E-state index contributed by atoms with van der Waals surface area (Å²) < 4.78 is 5.77. The summed E-state index contributed by atoms with van der Waals surface area (Å²) >= 11 is 12.8. The molecule has 4 nitrogen and oxygen atoms in total. The highest BCUT2D eigenvalue weighted by Gasteiger charge is 2.36. The van der Waals surface area contributed by atoms with Crippen molar-refractivity contribution >= 4 is 57.9 Å². The van der Waals surface area contributed by atoms with E-state index in [1.165, 1.54) is 0 Å². The molecule has 2 amide bonds. The maximum atomic E-state index is 12.7. The summed E-state index contributed by atoms with van der Waals surface area (Å²) in [6.07, 6.45) is 1.69. The van der Waals surface area contributed by atoms with Crippen molar-refractivity contribution in [3.63, 3.8) is 0 Å². The third-order valence-corrected chi connectivity index (χ3v) is 5.71. The second kappa shape index (κ2) is 8.96. The van der Waals surface area contributed by atoms with Crippen LogP contribution in [0.3, 0.4) is 0 Å². The number of hydrogen-bond acceptors (Lipinski definition) is 4. The largest absolute Gasteiger partial charge is 0.489 e. The minimum Gasteiger partial charge on any atom is -0.489 e. The van der Waals surface area contributed by atoms with Gasteiger partial charge in [-0.05, 0) is 71.4 Å². The fourth-order valence-corrected chi connectivity index (χ4v) is 4.02. The van der Waals surface area contributed by atoms with Crippen LogP contribution < -0.4 is 9.64 Å². The van der Waals surface area contributed by atoms with E-state index in [2.05, 4.69) is 0 Å². The highest BCUT2D eigenvalue weighted by atomic mass is 35.5. The van der Waals surface area contributed by atoms with Crippen LogP contribution in [0.15, 0.2) is 77.7 Å². The molecule has 0 bridgehead atoms. The standard InChI is InChI=1S/C23H15Cl2NO3S/c24-17-8-4-16(5-9-17)14-29-20-10-6-15(7-11-20)12-21-22(27)26(23(28)30-21)19-3-1-2-18(25)13-19/h1-13H,14H2/b21-12-. The normalized spacial score (nSPS) is 15.1. The number of rotatable bonds is 5. The minimum atomic E-state index is -0.365. The summed E-state index contributed by atoms with van der Waals surface area (Å²) in [6, 6.07) is 21.4. The van der Waals surface area contributed by atoms with Gasteiger partial charge in [-0.25, -0.2) is 4.90 Å². The monoisotopic (exact) mass is 455 g/mol. The Hall–Kier alpha value is -2.73. The highest BCUT2D eigenvalue weighted by molar-refractivity contribution is 8.19.